The van der Waals surface area contributed by atoms with Gasteiger partial charge in [-0.2, -0.15) is 5.10 Å². The number of unbranched alkanes of at least 4 members (excludes halogenated alkanes) is 5. The molecule has 0 N–H and O–H groups in total. The zero-order chi connectivity index (χ0) is 24.1. The molecule has 0 aliphatic carbocycles. The van der Waals surface area contributed by atoms with Gasteiger partial charge >= 0.3 is 0 Å². The molecule has 1 heterocycles. The van der Waals surface area contributed by atoms with Crippen LogP contribution in [-0.4, -0.2) is 35.8 Å². The molecule has 0 amide bonds. The minimum absolute atomic E-state index is 0.631. The summed E-state index contributed by atoms with van der Waals surface area (Å²) >= 11 is 0. The third-order valence-electron chi connectivity index (χ3n) is 5.76. The average molecular weight is 456 g/mol. The Morgan fingerprint density at radius 1 is 1.00 bits per heavy atom. The minimum Gasteiger partial charge on any atom is -0.490 e. The van der Waals surface area contributed by atoms with E-state index in [1.54, 1.807) is 4.68 Å². The average Bonchev–Trinajstić information content (AvgIpc) is 3.15. The number of oxime groups is 1. The molecule has 0 spiro atoms. The lowest BCUT2D eigenvalue weighted by Gasteiger charge is -2.13. The number of hydrogen-bond donors (Lipinski definition) is 0. The fourth-order valence-corrected chi connectivity index (χ4v) is 3.91. The number of rotatable bonds is 15. The van der Waals surface area contributed by atoms with Crippen LogP contribution in [0.15, 0.2) is 35.5 Å². The van der Waals surface area contributed by atoms with Gasteiger partial charge in [0.05, 0.1) is 6.61 Å². The predicted molar refractivity (Wildman–Crippen MR) is 136 cm³/mol. The summed E-state index contributed by atoms with van der Waals surface area (Å²) in [6.45, 7) is 9.61. The van der Waals surface area contributed by atoms with Crippen molar-refractivity contribution in [1.82, 2.24) is 9.78 Å². The normalized spacial score (nSPS) is 11.9. The Morgan fingerprint density at radius 2 is 1.67 bits per heavy atom. The van der Waals surface area contributed by atoms with E-state index in [0.717, 1.165) is 35.9 Å². The van der Waals surface area contributed by atoms with E-state index in [1.807, 2.05) is 39.1 Å². The van der Waals surface area contributed by atoms with Crippen LogP contribution in [0, 0.1) is 13.8 Å². The molecule has 6 heteroatoms. The quantitative estimate of drug-likeness (QED) is 0.136. The highest BCUT2D eigenvalue weighted by Crippen LogP contribution is 2.24. The number of hydrogen-bond acceptors (Lipinski definition) is 5. The predicted octanol–water partition coefficient (Wildman–Crippen LogP) is 6.32. The molecule has 182 valence electrons. The molecule has 0 aliphatic heterocycles. The van der Waals surface area contributed by atoms with Crippen LogP contribution >= 0.6 is 0 Å². The van der Waals surface area contributed by atoms with Crippen molar-refractivity contribution in [3.05, 3.63) is 52.7 Å². The van der Waals surface area contributed by atoms with E-state index in [4.69, 9.17) is 14.3 Å². The smallest absolute Gasteiger partial charge is 0.212 e. The number of ether oxygens (including phenoxy) is 2. The standard InChI is InChI=1S/C27H41N3O3/c1-7-8-16-32-24-18-21(2)25(22(3)19-24)15-13-11-9-10-12-14-17-33-27-20-26(28-30(27)5)23(4)29-31-6/h7-8,18-20H,9-17H2,1-6H3/b8-7+,29-23+. The Bertz CT molecular complexity index is 892. The molecule has 0 unspecified atom stereocenters. The summed E-state index contributed by atoms with van der Waals surface area (Å²) in [5, 5.41) is 8.33. The number of nitrogens with zero attached hydrogens (tertiary/aromatic N) is 3. The second kappa shape index (κ2) is 14.4. The molecule has 0 saturated heterocycles. The first kappa shape index (κ1) is 26.5. The highest BCUT2D eigenvalue weighted by molar-refractivity contribution is 5.96. The van der Waals surface area contributed by atoms with Gasteiger partial charge in [-0.15, -0.1) is 0 Å². The van der Waals surface area contributed by atoms with Crippen LogP contribution in [-0.2, 0) is 18.3 Å². The first-order valence-electron chi connectivity index (χ1n) is 12.0. The van der Waals surface area contributed by atoms with Gasteiger partial charge in [0.2, 0.25) is 5.88 Å². The molecule has 6 nitrogen and oxygen atoms in total. The molecular formula is C27H41N3O3. The molecule has 0 fully saturated rings. The van der Waals surface area contributed by atoms with E-state index in [0.29, 0.717) is 13.2 Å². The molecule has 1 aromatic carbocycles. The van der Waals surface area contributed by atoms with Crippen molar-refractivity contribution >= 4 is 5.71 Å². The zero-order valence-electron chi connectivity index (χ0n) is 21.3. The third kappa shape index (κ3) is 8.95. The van der Waals surface area contributed by atoms with Gasteiger partial charge in [-0.1, -0.05) is 43.0 Å². The van der Waals surface area contributed by atoms with Crippen molar-refractivity contribution in [2.45, 2.75) is 72.6 Å². The van der Waals surface area contributed by atoms with Crippen molar-refractivity contribution in [2.75, 3.05) is 20.3 Å². The number of aryl methyl sites for hydroxylation is 3. The maximum Gasteiger partial charge on any atom is 0.212 e. The summed E-state index contributed by atoms with van der Waals surface area (Å²) < 4.78 is 13.4. The van der Waals surface area contributed by atoms with E-state index < -0.39 is 0 Å². The number of allylic oxidation sites excluding steroid dienone is 1. The van der Waals surface area contributed by atoms with Crippen molar-refractivity contribution in [1.29, 1.82) is 0 Å². The highest BCUT2D eigenvalue weighted by atomic mass is 16.6. The Labute approximate surface area is 199 Å². The Balaban J connectivity index is 1.61. The van der Waals surface area contributed by atoms with Crippen LogP contribution in [0.2, 0.25) is 0 Å². The Hall–Kier alpha value is -2.76. The molecule has 2 aromatic rings. The van der Waals surface area contributed by atoms with Crippen molar-refractivity contribution < 1.29 is 14.3 Å². The van der Waals surface area contributed by atoms with E-state index in [2.05, 4.69) is 36.2 Å². The molecule has 33 heavy (non-hydrogen) atoms. The molecule has 1 aromatic heterocycles. The Kier molecular flexibility index (Phi) is 11.6. The molecule has 0 saturated carbocycles. The second-order valence-corrected chi connectivity index (χ2v) is 8.49. The molecule has 0 aliphatic rings. The van der Waals surface area contributed by atoms with Gasteiger partial charge in [0.25, 0.3) is 0 Å². The number of aromatic nitrogens is 2. The maximum atomic E-state index is 5.89. The lowest BCUT2D eigenvalue weighted by molar-refractivity contribution is 0.213. The van der Waals surface area contributed by atoms with Gasteiger partial charge in [-0.05, 0) is 75.8 Å². The van der Waals surface area contributed by atoms with E-state index >= 15 is 0 Å². The second-order valence-electron chi connectivity index (χ2n) is 8.49. The summed E-state index contributed by atoms with van der Waals surface area (Å²) in [5.41, 5.74) is 5.66. The minimum atomic E-state index is 0.631. The van der Waals surface area contributed by atoms with Crippen LogP contribution < -0.4 is 9.47 Å². The molecular weight excluding hydrogens is 414 g/mol. The fourth-order valence-electron chi connectivity index (χ4n) is 3.91. The number of benzene rings is 1. The van der Waals surface area contributed by atoms with Crippen LogP contribution in [0.5, 0.6) is 11.6 Å². The highest BCUT2D eigenvalue weighted by Gasteiger charge is 2.09. The van der Waals surface area contributed by atoms with Gasteiger partial charge < -0.3 is 14.3 Å². The SMILES string of the molecule is C/C=C/COc1cc(C)c(CCCCCCCCOc2cc(/C(C)=N/OC)nn2C)c(C)c1. The summed E-state index contributed by atoms with van der Waals surface area (Å²) in [7, 11) is 3.42. The van der Waals surface area contributed by atoms with Gasteiger partial charge in [-0.3, -0.25) is 0 Å². The zero-order valence-corrected chi connectivity index (χ0v) is 21.3. The van der Waals surface area contributed by atoms with Crippen LogP contribution in [0.25, 0.3) is 0 Å². The van der Waals surface area contributed by atoms with E-state index in [-0.39, 0.29) is 0 Å². The molecule has 0 radical (unpaired) electrons. The first-order valence-corrected chi connectivity index (χ1v) is 12.0. The fraction of sp³-hybridized carbons (Fsp3) is 0.556. The lowest BCUT2D eigenvalue weighted by Crippen LogP contribution is -2.02. The van der Waals surface area contributed by atoms with Crippen LogP contribution in [0.1, 0.15) is 74.8 Å². The summed E-state index contributed by atoms with van der Waals surface area (Å²) in [6, 6.07) is 6.24. The largest absolute Gasteiger partial charge is 0.490 e. The van der Waals surface area contributed by atoms with Gasteiger partial charge in [0.1, 0.15) is 30.9 Å². The van der Waals surface area contributed by atoms with E-state index in [1.165, 1.54) is 55.9 Å². The summed E-state index contributed by atoms with van der Waals surface area (Å²) in [6.07, 6.45) is 12.4. The van der Waals surface area contributed by atoms with Crippen LogP contribution in [0.3, 0.4) is 0 Å². The van der Waals surface area contributed by atoms with E-state index in [9.17, 15) is 0 Å². The van der Waals surface area contributed by atoms with Gasteiger partial charge in [-0.25, -0.2) is 4.68 Å². The third-order valence-corrected chi connectivity index (χ3v) is 5.76. The Morgan fingerprint density at radius 3 is 2.33 bits per heavy atom. The lowest BCUT2D eigenvalue weighted by atomic mass is 9.96. The maximum absolute atomic E-state index is 5.89. The molecule has 0 bridgehead atoms. The van der Waals surface area contributed by atoms with Crippen molar-refractivity contribution in [2.24, 2.45) is 12.2 Å². The van der Waals surface area contributed by atoms with Gasteiger partial charge in [0, 0.05) is 13.1 Å². The summed E-state index contributed by atoms with van der Waals surface area (Å²) in [4.78, 5) is 4.81. The van der Waals surface area contributed by atoms with Crippen molar-refractivity contribution in [3.63, 3.8) is 0 Å². The molecule has 0 atom stereocenters. The summed E-state index contributed by atoms with van der Waals surface area (Å²) in [5.74, 6) is 1.73. The molecule has 2 rings (SSSR count). The van der Waals surface area contributed by atoms with Crippen LogP contribution in [0.4, 0.5) is 0 Å². The first-order chi connectivity index (χ1) is 16.0. The van der Waals surface area contributed by atoms with Gasteiger partial charge in [0.15, 0.2) is 0 Å². The monoisotopic (exact) mass is 455 g/mol. The van der Waals surface area contributed by atoms with Crippen molar-refractivity contribution in [3.8, 4) is 11.6 Å². The topological polar surface area (TPSA) is 57.9 Å².